The molecule has 28 heavy (non-hydrogen) atoms. The molecule has 142 valence electrons. The Morgan fingerprint density at radius 2 is 1.79 bits per heavy atom. The lowest BCUT2D eigenvalue weighted by atomic mass is 10.1. The number of phenolic OH excluding ortho intramolecular Hbond substituents is 1. The fourth-order valence-corrected chi connectivity index (χ4v) is 2.71. The molecule has 8 nitrogen and oxygen atoms in total. The third-order valence-electron chi connectivity index (χ3n) is 3.85. The highest BCUT2D eigenvalue weighted by Crippen LogP contribution is 2.28. The van der Waals surface area contributed by atoms with Crippen molar-refractivity contribution < 1.29 is 24.4 Å². The predicted octanol–water partition coefficient (Wildman–Crippen LogP) is 3.90. The fourth-order valence-electron chi connectivity index (χ4n) is 2.55. The van der Waals surface area contributed by atoms with E-state index in [0.717, 1.165) is 11.5 Å². The number of anilines is 1. The van der Waals surface area contributed by atoms with Crippen LogP contribution in [0.2, 0.25) is 5.02 Å². The quantitative estimate of drug-likeness (QED) is 0.381. The summed E-state index contributed by atoms with van der Waals surface area (Å²) >= 11 is 5.71. The number of hydrogen-bond acceptors (Lipinski definition) is 6. The largest absolute Gasteiger partial charge is 0.507 e. The Bertz CT molecular complexity index is 1100. The van der Waals surface area contributed by atoms with Gasteiger partial charge < -0.3 is 15.2 Å². The maximum atomic E-state index is 12.2. The molecular formula is C19H13ClN2O6. The van der Waals surface area contributed by atoms with Crippen LogP contribution in [0.1, 0.15) is 10.4 Å². The average molecular weight is 401 g/mol. The van der Waals surface area contributed by atoms with Crippen LogP contribution in [0.15, 0.2) is 54.6 Å². The maximum absolute atomic E-state index is 12.2. The van der Waals surface area contributed by atoms with E-state index in [1.165, 1.54) is 24.3 Å². The van der Waals surface area contributed by atoms with E-state index < -0.39 is 23.4 Å². The zero-order valence-corrected chi connectivity index (χ0v) is 15.0. The first kappa shape index (κ1) is 19.1. The first-order chi connectivity index (χ1) is 13.3. The van der Waals surface area contributed by atoms with E-state index in [9.17, 15) is 24.8 Å². The number of phenols is 1. The molecule has 0 bridgehead atoms. The second-order valence-corrected chi connectivity index (χ2v) is 6.20. The molecule has 0 unspecified atom stereocenters. The summed E-state index contributed by atoms with van der Waals surface area (Å²) in [5, 5.41) is 24.9. The molecule has 0 atom stereocenters. The van der Waals surface area contributed by atoms with Gasteiger partial charge in [-0.2, -0.15) is 0 Å². The number of fused-ring (bicyclic) bond motifs is 1. The molecule has 0 heterocycles. The van der Waals surface area contributed by atoms with Crippen LogP contribution in [0, 0.1) is 10.1 Å². The van der Waals surface area contributed by atoms with Crippen molar-refractivity contribution in [3.63, 3.8) is 0 Å². The van der Waals surface area contributed by atoms with Crippen molar-refractivity contribution in [3.8, 4) is 5.75 Å². The summed E-state index contributed by atoms with van der Waals surface area (Å²) < 4.78 is 4.91. The molecule has 3 rings (SSSR count). The molecule has 0 radical (unpaired) electrons. The van der Waals surface area contributed by atoms with Gasteiger partial charge in [0.25, 0.3) is 11.6 Å². The number of nitrogens with one attached hydrogen (secondary N) is 1. The van der Waals surface area contributed by atoms with E-state index in [1.54, 1.807) is 24.3 Å². The Kier molecular flexibility index (Phi) is 5.42. The Morgan fingerprint density at radius 1 is 1.11 bits per heavy atom. The number of carbonyl (C=O) groups excluding carboxylic acids is 2. The van der Waals surface area contributed by atoms with Crippen molar-refractivity contribution >= 4 is 45.6 Å². The minimum absolute atomic E-state index is 0.0796. The van der Waals surface area contributed by atoms with Gasteiger partial charge in [0, 0.05) is 11.1 Å². The second-order valence-electron chi connectivity index (χ2n) is 5.76. The standard InChI is InChI=1S/C19H13ClN2O6/c20-13-5-6-15(16(9-13)22(26)27)21-18(24)10-28-19(25)14-7-11-3-1-2-4-12(11)8-17(14)23/h1-9,23H,10H2,(H,21,24). The molecule has 0 aliphatic carbocycles. The summed E-state index contributed by atoms with van der Waals surface area (Å²) in [6.07, 6.45) is 0. The molecule has 0 spiro atoms. The number of halogens is 1. The summed E-state index contributed by atoms with van der Waals surface area (Å²) in [4.78, 5) is 34.5. The van der Waals surface area contributed by atoms with Crippen LogP contribution in [0.3, 0.4) is 0 Å². The average Bonchev–Trinajstić information content (AvgIpc) is 2.66. The van der Waals surface area contributed by atoms with Crippen LogP contribution in [-0.2, 0) is 9.53 Å². The Hall–Kier alpha value is -3.65. The lowest BCUT2D eigenvalue weighted by Gasteiger charge is -2.09. The number of amides is 1. The monoisotopic (exact) mass is 400 g/mol. The number of nitrogens with zero attached hydrogens (tertiary/aromatic N) is 1. The molecule has 3 aromatic rings. The van der Waals surface area contributed by atoms with Crippen LogP contribution in [-0.4, -0.2) is 28.5 Å². The van der Waals surface area contributed by atoms with E-state index in [-0.39, 0.29) is 27.7 Å². The fraction of sp³-hybridized carbons (Fsp3) is 0.0526. The number of aromatic hydroxyl groups is 1. The van der Waals surface area contributed by atoms with E-state index >= 15 is 0 Å². The van der Waals surface area contributed by atoms with Gasteiger partial charge in [-0.25, -0.2) is 4.79 Å². The van der Waals surface area contributed by atoms with Gasteiger partial charge in [0.2, 0.25) is 0 Å². The number of nitro benzene ring substituents is 1. The zero-order valence-electron chi connectivity index (χ0n) is 14.2. The molecule has 0 aliphatic heterocycles. The van der Waals surface area contributed by atoms with Crippen LogP contribution in [0.25, 0.3) is 10.8 Å². The van der Waals surface area contributed by atoms with Gasteiger partial charge in [-0.05, 0) is 35.0 Å². The molecule has 0 fully saturated rings. The third-order valence-corrected chi connectivity index (χ3v) is 4.08. The predicted molar refractivity (Wildman–Crippen MR) is 103 cm³/mol. The van der Waals surface area contributed by atoms with Crippen molar-refractivity contribution in [3.05, 3.63) is 75.3 Å². The lowest BCUT2D eigenvalue weighted by Crippen LogP contribution is -2.21. The molecule has 2 N–H and O–H groups in total. The van der Waals surface area contributed by atoms with Gasteiger partial charge in [-0.1, -0.05) is 35.9 Å². The summed E-state index contributed by atoms with van der Waals surface area (Å²) in [7, 11) is 0. The van der Waals surface area contributed by atoms with Gasteiger partial charge in [0.1, 0.15) is 17.0 Å². The van der Waals surface area contributed by atoms with E-state index in [4.69, 9.17) is 16.3 Å². The normalized spacial score (nSPS) is 10.5. The molecule has 1 amide bonds. The molecule has 3 aromatic carbocycles. The van der Waals surface area contributed by atoms with Gasteiger partial charge in [-0.3, -0.25) is 14.9 Å². The highest BCUT2D eigenvalue weighted by Gasteiger charge is 2.19. The molecule has 0 saturated carbocycles. The van der Waals surface area contributed by atoms with E-state index in [2.05, 4.69) is 5.32 Å². The van der Waals surface area contributed by atoms with Crippen molar-refractivity contribution in [2.45, 2.75) is 0 Å². The molecule has 0 saturated heterocycles. The van der Waals surface area contributed by atoms with Gasteiger partial charge in [0.05, 0.1) is 4.92 Å². The second kappa shape index (κ2) is 7.93. The van der Waals surface area contributed by atoms with Crippen molar-refractivity contribution in [1.82, 2.24) is 0 Å². The zero-order chi connectivity index (χ0) is 20.3. The number of nitro groups is 1. The summed E-state index contributed by atoms with van der Waals surface area (Å²) in [6.45, 7) is -0.690. The molecular weight excluding hydrogens is 388 g/mol. The SMILES string of the molecule is O=C(COC(=O)c1cc2ccccc2cc1O)Nc1ccc(Cl)cc1[N+](=O)[O-]. The van der Waals surface area contributed by atoms with Crippen molar-refractivity contribution in [1.29, 1.82) is 0 Å². The minimum atomic E-state index is -0.899. The van der Waals surface area contributed by atoms with Crippen molar-refractivity contribution in [2.24, 2.45) is 0 Å². The van der Waals surface area contributed by atoms with Gasteiger partial charge in [0.15, 0.2) is 6.61 Å². The number of hydrogen-bond donors (Lipinski definition) is 2. The summed E-state index contributed by atoms with van der Waals surface area (Å²) in [6, 6.07) is 13.7. The Balaban J connectivity index is 1.69. The number of benzene rings is 3. The molecule has 0 aliphatic rings. The van der Waals surface area contributed by atoms with Gasteiger partial charge in [-0.15, -0.1) is 0 Å². The minimum Gasteiger partial charge on any atom is -0.507 e. The van der Waals surface area contributed by atoms with Crippen molar-refractivity contribution in [2.75, 3.05) is 11.9 Å². The maximum Gasteiger partial charge on any atom is 0.342 e. The van der Waals surface area contributed by atoms with Crippen LogP contribution in [0.4, 0.5) is 11.4 Å². The first-order valence-electron chi connectivity index (χ1n) is 7.98. The number of carbonyl (C=O) groups is 2. The van der Waals surface area contributed by atoms with Crippen LogP contribution >= 0.6 is 11.6 Å². The lowest BCUT2D eigenvalue weighted by molar-refractivity contribution is -0.383. The topological polar surface area (TPSA) is 119 Å². The van der Waals surface area contributed by atoms with Crippen LogP contribution < -0.4 is 5.32 Å². The summed E-state index contributed by atoms with van der Waals surface area (Å²) in [5.41, 5.74) is -0.563. The number of ether oxygens (including phenoxy) is 1. The number of rotatable bonds is 5. The highest BCUT2D eigenvalue weighted by atomic mass is 35.5. The summed E-state index contributed by atoms with van der Waals surface area (Å²) in [5.74, 6) is -1.96. The van der Waals surface area contributed by atoms with Crippen LogP contribution in [0.5, 0.6) is 5.75 Å². The molecule has 0 aromatic heterocycles. The smallest absolute Gasteiger partial charge is 0.342 e. The molecule has 9 heteroatoms. The van der Waals surface area contributed by atoms with E-state index in [0.29, 0.717) is 5.39 Å². The third kappa shape index (κ3) is 4.18. The Labute approximate surface area is 163 Å². The highest BCUT2D eigenvalue weighted by molar-refractivity contribution is 6.31. The first-order valence-corrected chi connectivity index (χ1v) is 8.35. The van der Waals surface area contributed by atoms with E-state index in [1.807, 2.05) is 0 Å². The number of esters is 1. The van der Waals surface area contributed by atoms with Gasteiger partial charge >= 0.3 is 5.97 Å². The Morgan fingerprint density at radius 3 is 2.46 bits per heavy atom.